The number of benzene rings is 2. The van der Waals surface area contributed by atoms with E-state index in [-0.39, 0.29) is 16.5 Å². The third-order valence-corrected chi connectivity index (χ3v) is 5.00. The molecule has 128 valence electrons. The van der Waals surface area contributed by atoms with Gasteiger partial charge in [-0.1, -0.05) is 83.5 Å². The number of ketones is 1. The Morgan fingerprint density at radius 3 is 1.71 bits per heavy atom. The molecule has 24 heavy (non-hydrogen) atoms. The van der Waals surface area contributed by atoms with Crippen LogP contribution in [0.15, 0.2) is 60.7 Å². The summed E-state index contributed by atoms with van der Waals surface area (Å²) in [5, 5.41) is 0. The average molecular weight is 388 g/mol. The van der Waals surface area contributed by atoms with Crippen molar-refractivity contribution < 1.29 is 4.79 Å². The fraction of sp³-hybridized carbons (Fsp3) is 0.381. The van der Waals surface area contributed by atoms with Crippen molar-refractivity contribution in [3.8, 4) is 0 Å². The zero-order valence-electron chi connectivity index (χ0n) is 14.9. The van der Waals surface area contributed by atoms with E-state index in [1.807, 2.05) is 43.3 Å². The highest BCUT2D eigenvalue weighted by Crippen LogP contribution is 2.42. The molecule has 2 rings (SSSR count). The van der Waals surface area contributed by atoms with Crippen LogP contribution in [-0.4, -0.2) is 36.2 Å². The Bertz CT molecular complexity index is 613. The van der Waals surface area contributed by atoms with Gasteiger partial charge in [-0.3, -0.25) is 4.79 Å². The molecule has 0 spiro atoms. The number of alkyl halides is 1. The summed E-state index contributed by atoms with van der Waals surface area (Å²) < 4.78 is 0. The Balaban J connectivity index is 2.75. The predicted octanol–water partition coefficient (Wildman–Crippen LogP) is 4.52. The molecule has 0 unspecified atom stereocenters. The SMILES string of the molecule is C[C@@H](Br)C(=O)C(c1ccccc1)(c1ccccc1)[C@@H](C)CN(C)C. The fourth-order valence-corrected chi connectivity index (χ4v) is 4.02. The van der Waals surface area contributed by atoms with E-state index in [4.69, 9.17) is 0 Å². The van der Waals surface area contributed by atoms with Crippen LogP contribution < -0.4 is 0 Å². The molecule has 0 amide bonds. The maximum Gasteiger partial charge on any atom is 0.161 e. The quantitative estimate of drug-likeness (QED) is 0.650. The first kappa shape index (κ1) is 18.9. The van der Waals surface area contributed by atoms with Gasteiger partial charge in [0.25, 0.3) is 0 Å². The van der Waals surface area contributed by atoms with Gasteiger partial charge in [0.05, 0.1) is 10.2 Å². The van der Waals surface area contributed by atoms with Crippen LogP contribution in [0, 0.1) is 5.92 Å². The van der Waals surface area contributed by atoms with Gasteiger partial charge in [0.1, 0.15) is 0 Å². The van der Waals surface area contributed by atoms with E-state index in [0.29, 0.717) is 0 Å². The van der Waals surface area contributed by atoms with Crippen LogP contribution in [0.4, 0.5) is 0 Å². The van der Waals surface area contributed by atoms with Crippen LogP contribution in [0.3, 0.4) is 0 Å². The number of carbonyl (C=O) groups is 1. The minimum absolute atomic E-state index is 0.129. The molecule has 0 bridgehead atoms. The second-order valence-corrected chi connectivity index (χ2v) is 8.06. The normalized spacial score (nSPS) is 14.4. The van der Waals surface area contributed by atoms with Crippen LogP contribution in [0.5, 0.6) is 0 Å². The lowest BCUT2D eigenvalue weighted by atomic mass is 9.63. The number of hydrogen-bond donors (Lipinski definition) is 0. The molecule has 0 aliphatic rings. The standard InChI is InChI=1S/C21H26BrNO/c1-16(15-23(3)4)21(20(24)17(2)22,18-11-7-5-8-12-18)19-13-9-6-10-14-19/h5-14,16-17H,15H2,1-4H3/t16-,17+/m0/s1. The van der Waals surface area contributed by atoms with Crippen molar-refractivity contribution in [3.05, 3.63) is 71.8 Å². The second-order valence-electron chi connectivity index (χ2n) is 6.68. The van der Waals surface area contributed by atoms with Crippen LogP contribution in [-0.2, 0) is 10.2 Å². The molecule has 3 heteroatoms. The zero-order chi connectivity index (χ0) is 17.7. The number of Topliss-reactive ketones (excluding diaryl/α,β-unsaturated/α-hetero) is 1. The van der Waals surface area contributed by atoms with Gasteiger partial charge in [-0.2, -0.15) is 0 Å². The maximum atomic E-state index is 13.5. The van der Waals surface area contributed by atoms with Crippen molar-refractivity contribution >= 4 is 21.7 Å². The Labute approximate surface area is 154 Å². The molecule has 0 radical (unpaired) electrons. The van der Waals surface area contributed by atoms with Gasteiger partial charge in [-0.05, 0) is 38.1 Å². The van der Waals surface area contributed by atoms with Crippen molar-refractivity contribution in [2.24, 2.45) is 5.92 Å². The molecule has 0 N–H and O–H groups in total. The van der Waals surface area contributed by atoms with Gasteiger partial charge in [0.2, 0.25) is 0 Å². The number of nitrogens with zero attached hydrogens (tertiary/aromatic N) is 1. The lowest BCUT2D eigenvalue weighted by Gasteiger charge is -2.41. The van der Waals surface area contributed by atoms with Crippen molar-refractivity contribution in [2.75, 3.05) is 20.6 Å². The van der Waals surface area contributed by atoms with E-state index in [1.165, 1.54) is 0 Å². The summed E-state index contributed by atoms with van der Waals surface area (Å²) in [7, 11) is 4.11. The predicted molar refractivity (Wildman–Crippen MR) is 105 cm³/mol. The highest BCUT2D eigenvalue weighted by atomic mass is 79.9. The lowest BCUT2D eigenvalue weighted by molar-refractivity contribution is -0.124. The first-order valence-corrected chi connectivity index (χ1v) is 9.26. The molecule has 0 aliphatic heterocycles. The molecule has 0 heterocycles. The van der Waals surface area contributed by atoms with Crippen LogP contribution >= 0.6 is 15.9 Å². The van der Waals surface area contributed by atoms with Crippen molar-refractivity contribution in [3.63, 3.8) is 0 Å². The first-order chi connectivity index (χ1) is 11.4. The van der Waals surface area contributed by atoms with Gasteiger partial charge < -0.3 is 4.90 Å². The van der Waals surface area contributed by atoms with Crippen molar-refractivity contribution in [2.45, 2.75) is 24.1 Å². The van der Waals surface area contributed by atoms with Gasteiger partial charge in [0.15, 0.2) is 5.78 Å². The second kappa shape index (κ2) is 8.09. The largest absolute Gasteiger partial charge is 0.309 e. The minimum Gasteiger partial charge on any atom is -0.309 e. The Kier molecular flexibility index (Phi) is 6.36. The third kappa shape index (κ3) is 3.62. The molecule has 0 saturated carbocycles. The molecule has 0 saturated heterocycles. The monoisotopic (exact) mass is 387 g/mol. The van der Waals surface area contributed by atoms with Crippen molar-refractivity contribution in [1.82, 2.24) is 4.90 Å². The average Bonchev–Trinajstić information content (AvgIpc) is 2.56. The summed E-state index contributed by atoms with van der Waals surface area (Å²) in [5.74, 6) is 0.332. The van der Waals surface area contributed by atoms with Gasteiger partial charge >= 0.3 is 0 Å². The molecule has 2 nitrogen and oxygen atoms in total. The third-order valence-electron chi connectivity index (χ3n) is 4.59. The number of carbonyl (C=O) groups excluding carboxylic acids is 1. The Morgan fingerprint density at radius 1 is 0.958 bits per heavy atom. The number of rotatable bonds is 7. The van der Waals surface area contributed by atoms with Crippen LogP contribution in [0.25, 0.3) is 0 Å². The highest BCUT2D eigenvalue weighted by molar-refractivity contribution is 9.10. The Morgan fingerprint density at radius 2 is 1.38 bits per heavy atom. The number of halogens is 1. The molecular weight excluding hydrogens is 362 g/mol. The first-order valence-electron chi connectivity index (χ1n) is 8.34. The molecule has 0 aliphatic carbocycles. The molecule has 2 aromatic rings. The van der Waals surface area contributed by atoms with E-state index in [0.717, 1.165) is 17.7 Å². The van der Waals surface area contributed by atoms with E-state index < -0.39 is 5.41 Å². The van der Waals surface area contributed by atoms with E-state index >= 15 is 0 Å². The zero-order valence-corrected chi connectivity index (χ0v) is 16.5. The number of hydrogen-bond acceptors (Lipinski definition) is 2. The van der Waals surface area contributed by atoms with Crippen LogP contribution in [0.2, 0.25) is 0 Å². The summed E-state index contributed by atoms with van der Waals surface area (Å²) in [6.07, 6.45) is 0. The molecule has 2 atom stereocenters. The summed E-state index contributed by atoms with van der Waals surface area (Å²) in [6.45, 7) is 4.92. The van der Waals surface area contributed by atoms with Gasteiger partial charge in [-0.15, -0.1) is 0 Å². The maximum absolute atomic E-state index is 13.5. The minimum atomic E-state index is -0.671. The molecule has 0 fully saturated rings. The van der Waals surface area contributed by atoms with E-state index in [9.17, 15) is 4.79 Å². The summed E-state index contributed by atoms with van der Waals surface area (Å²) in [6, 6.07) is 20.4. The summed E-state index contributed by atoms with van der Waals surface area (Å²) >= 11 is 3.54. The summed E-state index contributed by atoms with van der Waals surface area (Å²) in [4.78, 5) is 15.5. The molecule has 2 aromatic carbocycles. The smallest absolute Gasteiger partial charge is 0.161 e. The van der Waals surface area contributed by atoms with Crippen LogP contribution in [0.1, 0.15) is 25.0 Å². The summed E-state index contributed by atoms with van der Waals surface area (Å²) in [5.41, 5.74) is 1.44. The lowest BCUT2D eigenvalue weighted by Crippen LogP contribution is -2.49. The highest BCUT2D eigenvalue weighted by Gasteiger charge is 2.47. The van der Waals surface area contributed by atoms with Crippen molar-refractivity contribution in [1.29, 1.82) is 0 Å². The molecule has 0 aromatic heterocycles. The Hall–Kier alpha value is -1.45. The van der Waals surface area contributed by atoms with E-state index in [2.05, 4.69) is 66.1 Å². The molecular formula is C21H26BrNO. The topological polar surface area (TPSA) is 20.3 Å². The van der Waals surface area contributed by atoms with Gasteiger partial charge in [-0.25, -0.2) is 0 Å². The van der Waals surface area contributed by atoms with E-state index in [1.54, 1.807) is 0 Å². The fourth-order valence-electron chi connectivity index (χ4n) is 3.66. The van der Waals surface area contributed by atoms with Gasteiger partial charge in [0, 0.05) is 6.54 Å².